The van der Waals surface area contributed by atoms with Gasteiger partial charge in [0.15, 0.2) is 0 Å². The van der Waals surface area contributed by atoms with Gasteiger partial charge in [-0.3, -0.25) is 19.3 Å². The highest BCUT2D eigenvalue weighted by molar-refractivity contribution is 5.96. The lowest BCUT2D eigenvalue weighted by Gasteiger charge is -2.39. The summed E-state index contributed by atoms with van der Waals surface area (Å²) in [6.45, 7) is 14.6. The molecular weight excluding hydrogens is 697 g/mol. The van der Waals surface area contributed by atoms with Crippen molar-refractivity contribution in [1.82, 2.24) is 19.6 Å². The summed E-state index contributed by atoms with van der Waals surface area (Å²) >= 11 is 0. The van der Waals surface area contributed by atoms with E-state index in [1.54, 1.807) is 17.9 Å². The molecule has 0 bridgehead atoms. The smallest absolute Gasteiger partial charge is 0.247 e. The predicted octanol–water partition coefficient (Wildman–Crippen LogP) is 6.52. The fourth-order valence-corrected chi connectivity index (χ4v) is 7.44. The number of hydrogen-bond acceptors (Lipinski definition) is 6. The molecule has 6 rings (SSSR count). The fourth-order valence-electron chi connectivity index (χ4n) is 7.44. The Morgan fingerprint density at radius 1 is 0.732 bits per heavy atom. The van der Waals surface area contributed by atoms with E-state index in [0.717, 1.165) is 47.6 Å². The number of anilines is 1. The number of nitriles is 1. The zero-order valence-corrected chi connectivity index (χ0v) is 33.2. The molecule has 2 saturated heterocycles. The molecule has 4 aromatic carbocycles. The predicted molar refractivity (Wildman–Crippen MR) is 223 cm³/mol. The van der Waals surface area contributed by atoms with Crippen molar-refractivity contribution in [2.75, 3.05) is 57.3 Å². The van der Waals surface area contributed by atoms with Gasteiger partial charge < -0.3 is 19.6 Å². The fraction of sp³-hybridized carbons (Fsp3) is 0.362. The molecule has 9 nitrogen and oxygen atoms in total. The van der Waals surface area contributed by atoms with E-state index in [1.165, 1.54) is 5.56 Å². The SMILES string of the molecule is CC(=O)N1CCN(c2ccc(CN(C(=O)C=Cc3ccc(C(C)(C)C)cc3)C(Cc3ccccc3)C(=O)N3CCN(Cc4ccc(C#N)cc4)CC3)cc2)CC1. The molecule has 56 heavy (non-hydrogen) atoms. The first kappa shape index (κ1) is 40.0. The van der Waals surface area contributed by atoms with Gasteiger partial charge in [-0.1, -0.05) is 99.6 Å². The maximum Gasteiger partial charge on any atom is 0.247 e. The lowest BCUT2D eigenvalue weighted by Crippen LogP contribution is -2.56. The monoisotopic (exact) mass is 750 g/mol. The quantitative estimate of drug-likeness (QED) is 0.162. The van der Waals surface area contributed by atoms with Gasteiger partial charge in [0.25, 0.3) is 0 Å². The lowest BCUT2D eigenvalue weighted by atomic mass is 9.87. The molecule has 2 aliphatic heterocycles. The van der Waals surface area contributed by atoms with Crippen molar-refractivity contribution in [2.45, 2.75) is 58.7 Å². The number of carbonyl (C=O) groups is 3. The normalized spacial score (nSPS) is 15.7. The molecule has 0 spiro atoms. The van der Waals surface area contributed by atoms with Crippen molar-refractivity contribution in [2.24, 2.45) is 0 Å². The maximum atomic E-state index is 14.7. The van der Waals surface area contributed by atoms with Gasteiger partial charge in [0.05, 0.1) is 11.6 Å². The van der Waals surface area contributed by atoms with Crippen LogP contribution in [0.5, 0.6) is 0 Å². The molecule has 290 valence electrons. The molecule has 1 unspecified atom stereocenters. The molecule has 0 aliphatic carbocycles. The molecule has 0 N–H and O–H groups in total. The van der Waals surface area contributed by atoms with Crippen LogP contribution >= 0.6 is 0 Å². The summed E-state index contributed by atoms with van der Waals surface area (Å²) < 4.78 is 0. The Morgan fingerprint density at radius 2 is 1.34 bits per heavy atom. The summed E-state index contributed by atoms with van der Waals surface area (Å²) in [5.74, 6) is -0.170. The number of hydrogen-bond donors (Lipinski definition) is 0. The van der Waals surface area contributed by atoms with Gasteiger partial charge in [-0.25, -0.2) is 0 Å². The second-order valence-electron chi connectivity index (χ2n) is 15.9. The molecule has 0 aromatic heterocycles. The third-order valence-corrected chi connectivity index (χ3v) is 11.0. The van der Waals surface area contributed by atoms with E-state index in [4.69, 9.17) is 0 Å². The topological polar surface area (TPSA) is 91.2 Å². The molecule has 4 aromatic rings. The van der Waals surface area contributed by atoms with Crippen LogP contribution in [0.15, 0.2) is 109 Å². The molecule has 0 radical (unpaired) electrons. The van der Waals surface area contributed by atoms with Gasteiger partial charge in [-0.2, -0.15) is 5.26 Å². The Hall–Kier alpha value is -5.72. The summed E-state index contributed by atoms with van der Waals surface area (Å²) in [4.78, 5) is 51.2. The number of nitrogens with zero attached hydrogens (tertiary/aromatic N) is 6. The molecule has 2 heterocycles. The minimum Gasteiger partial charge on any atom is -0.368 e. The Morgan fingerprint density at radius 3 is 1.93 bits per heavy atom. The van der Waals surface area contributed by atoms with Gasteiger partial charge in [0.1, 0.15) is 6.04 Å². The summed E-state index contributed by atoms with van der Waals surface area (Å²) in [6.07, 6.45) is 3.84. The molecule has 1 atom stereocenters. The summed E-state index contributed by atoms with van der Waals surface area (Å²) in [5, 5.41) is 9.18. The highest BCUT2D eigenvalue weighted by atomic mass is 16.2. The molecule has 2 fully saturated rings. The van der Waals surface area contributed by atoms with Gasteiger partial charge in [-0.05, 0) is 63.6 Å². The number of piperazine rings is 2. The van der Waals surface area contributed by atoms with Crippen LogP contribution < -0.4 is 4.90 Å². The summed E-state index contributed by atoms with van der Waals surface area (Å²) in [7, 11) is 0. The van der Waals surface area contributed by atoms with Crippen molar-refractivity contribution in [3.63, 3.8) is 0 Å². The van der Waals surface area contributed by atoms with Crippen molar-refractivity contribution in [3.05, 3.63) is 143 Å². The van der Waals surface area contributed by atoms with Crippen LogP contribution in [0.3, 0.4) is 0 Å². The van der Waals surface area contributed by atoms with Crippen molar-refractivity contribution in [3.8, 4) is 6.07 Å². The molecule has 0 saturated carbocycles. The van der Waals surface area contributed by atoms with Crippen molar-refractivity contribution >= 4 is 29.5 Å². The van der Waals surface area contributed by atoms with E-state index >= 15 is 0 Å². The van der Waals surface area contributed by atoms with Crippen LogP contribution in [0.4, 0.5) is 5.69 Å². The number of rotatable bonds is 11. The minimum absolute atomic E-state index is 0.0213. The van der Waals surface area contributed by atoms with Gasteiger partial charge >= 0.3 is 0 Å². The van der Waals surface area contributed by atoms with E-state index in [0.29, 0.717) is 51.3 Å². The average Bonchev–Trinajstić information content (AvgIpc) is 3.22. The number of amides is 3. The van der Waals surface area contributed by atoms with Crippen molar-refractivity contribution < 1.29 is 14.4 Å². The standard InChI is InChI=1S/C47H54N6O3/c1-36(54)50-28-30-51(31-29-50)43-21-16-41(17-22-43)35-53(45(55)23-18-37-14-19-42(20-15-37)47(2,3)4)44(32-38-8-6-5-7-9-38)46(56)52-26-24-49(25-27-52)34-40-12-10-39(33-48)11-13-40/h5-23,44H,24-32,34-35H2,1-4H3. The van der Waals surface area contributed by atoms with E-state index in [-0.39, 0.29) is 29.7 Å². The van der Waals surface area contributed by atoms with Crippen LogP contribution in [0, 0.1) is 11.3 Å². The second kappa shape index (κ2) is 18.3. The van der Waals surface area contributed by atoms with Crippen LogP contribution in [0.25, 0.3) is 6.08 Å². The first-order chi connectivity index (χ1) is 27.0. The molecule has 9 heteroatoms. The van der Waals surface area contributed by atoms with E-state index < -0.39 is 6.04 Å². The lowest BCUT2D eigenvalue weighted by molar-refractivity contribution is -0.145. The molecular formula is C47H54N6O3. The minimum atomic E-state index is -0.720. The molecule has 2 aliphatic rings. The summed E-state index contributed by atoms with van der Waals surface area (Å²) in [5.41, 5.74) is 6.93. The van der Waals surface area contributed by atoms with Gasteiger partial charge in [0, 0.05) is 90.6 Å². The third-order valence-electron chi connectivity index (χ3n) is 11.0. The van der Waals surface area contributed by atoms with Crippen LogP contribution in [-0.4, -0.2) is 95.7 Å². The van der Waals surface area contributed by atoms with Crippen molar-refractivity contribution in [1.29, 1.82) is 5.26 Å². The van der Waals surface area contributed by atoms with E-state index in [9.17, 15) is 19.6 Å². The first-order valence-electron chi connectivity index (χ1n) is 19.7. The van der Waals surface area contributed by atoms with Gasteiger partial charge in [-0.15, -0.1) is 0 Å². The van der Waals surface area contributed by atoms with Crippen LogP contribution in [-0.2, 0) is 39.3 Å². The maximum absolute atomic E-state index is 14.7. The number of benzene rings is 4. The zero-order valence-electron chi connectivity index (χ0n) is 33.2. The average molecular weight is 751 g/mol. The van der Waals surface area contributed by atoms with Crippen LogP contribution in [0.1, 0.15) is 61.1 Å². The second-order valence-corrected chi connectivity index (χ2v) is 15.9. The Balaban J connectivity index is 1.24. The Bertz CT molecular complexity index is 2000. The van der Waals surface area contributed by atoms with E-state index in [1.807, 2.05) is 94.7 Å². The van der Waals surface area contributed by atoms with Crippen LogP contribution in [0.2, 0.25) is 0 Å². The third kappa shape index (κ3) is 10.5. The highest BCUT2D eigenvalue weighted by Gasteiger charge is 2.34. The summed E-state index contributed by atoms with van der Waals surface area (Å²) in [6, 6.07) is 35.6. The molecule has 3 amide bonds. The number of carbonyl (C=O) groups excluding carboxylic acids is 3. The zero-order chi connectivity index (χ0) is 39.7. The van der Waals surface area contributed by atoms with Gasteiger partial charge in [0.2, 0.25) is 17.7 Å². The first-order valence-corrected chi connectivity index (χ1v) is 19.7. The van der Waals surface area contributed by atoms with E-state index in [2.05, 4.69) is 60.9 Å². The highest BCUT2D eigenvalue weighted by Crippen LogP contribution is 2.24. The Kier molecular flexibility index (Phi) is 13.0. The Labute approximate surface area is 332 Å². The largest absolute Gasteiger partial charge is 0.368 e.